The molecule has 0 saturated carbocycles. The third kappa shape index (κ3) is 32.1. The monoisotopic (exact) mass is 479 g/mol. The van der Waals surface area contributed by atoms with E-state index in [0.717, 1.165) is 25.7 Å². The zero-order chi connectivity index (χ0) is 21.5. The number of phosphoric ester groups is 1. The Morgan fingerprint density at radius 1 is 0.484 bits per heavy atom. The SMILES string of the molecule is CCCCCCCCCCCCOP(=O)([O-])OCCCCCCCCCCCC.[Na+].[Na+]. The molecule has 0 N–H and O–H groups in total. The second kappa shape index (κ2) is 30.1. The van der Waals surface area contributed by atoms with Gasteiger partial charge in [-0.15, -0.1) is 0 Å². The Bertz CT molecular complexity index is 343. The topological polar surface area (TPSA) is 58.6 Å². The zero-order valence-corrected chi connectivity index (χ0v) is 26.5. The van der Waals surface area contributed by atoms with Crippen molar-refractivity contribution in [1.82, 2.24) is 0 Å². The van der Waals surface area contributed by atoms with Gasteiger partial charge in [-0.25, -0.2) is 0 Å². The molecule has 0 aromatic rings. The van der Waals surface area contributed by atoms with Crippen LogP contribution in [0.5, 0.6) is 0 Å². The second-order valence-corrected chi connectivity index (χ2v) is 9.89. The van der Waals surface area contributed by atoms with Crippen LogP contribution in [0.3, 0.4) is 0 Å². The first-order valence-corrected chi connectivity index (χ1v) is 14.2. The van der Waals surface area contributed by atoms with Gasteiger partial charge < -0.3 is 13.9 Å². The van der Waals surface area contributed by atoms with Crippen LogP contribution in [0.25, 0.3) is 0 Å². The fourth-order valence-corrected chi connectivity index (χ4v) is 4.35. The largest absolute Gasteiger partial charge is 1.00 e. The minimum absolute atomic E-state index is 0. The van der Waals surface area contributed by atoms with Crippen molar-refractivity contribution >= 4 is 7.82 Å². The number of hydrogen-bond acceptors (Lipinski definition) is 4. The van der Waals surface area contributed by atoms with Gasteiger partial charge in [0.2, 0.25) is 0 Å². The van der Waals surface area contributed by atoms with Gasteiger partial charge in [-0.2, -0.15) is 0 Å². The average molecular weight is 480 g/mol. The van der Waals surface area contributed by atoms with Crippen molar-refractivity contribution < 1.29 is 77.6 Å². The number of rotatable bonds is 24. The predicted octanol–water partition coefficient (Wildman–Crippen LogP) is 2.34. The van der Waals surface area contributed by atoms with Crippen LogP contribution in [0.4, 0.5) is 0 Å². The van der Waals surface area contributed by atoms with E-state index < -0.39 is 7.82 Å². The smallest absolute Gasteiger partial charge is 0.756 e. The van der Waals surface area contributed by atoms with Crippen molar-refractivity contribution in [1.29, 1.82) is 0 Å². The number of phosphoric acid groups is 1. The minimum Gasteiger partial charge on any atom is -0.756 e. The fourth-order valence-electron chi connectivity index (χ4n) is 3.57. The Labute approximate surface area is 239 Å². The van der Waals surface area contributed by atoms with Crippen LogP contribution in [-0.2, 0) is 13.6 Å². The zero-order valence-electron chi connectivity index (χ0n) is 21.6. The van der Waals surface area contributed by atoms with E-state index >= 15 is 0 Å². The molecule has 7 heteroatoms. The Morgan fingerprint density at radius 2 is 0.710 bits per heavy atom. The summed E-state index contributed by atoms with van der Waals surface area (Å²) in [4.78, 5) is 11.7. The molecule has 0 heterocycles. The average Bonchev–Trinajstić information content (AvgIpc) is 2.70. The quantitative estimate of drug-likeness (QED) is 0.121. The maximum absolute atomic E-state index is 11.7. The summed E-state index contributed by atoms with van der Waals surface area (Å²) in [6.45, 7) is 5.00. The van der Waals surface area contributed by atoms with Crippen molar-refractivity contribution in [3.63, 3.8) is 0 Å². The van der Waals surface area contributed by atoms with E-state index in [2.05, 4.69) is 13.8 Å². The van der Waals surface area contributed by atoms with Crippen molar-refractivity contribution in [3.8, 4) is 0 Å². The maximum atomic E-state index is 11.7. The Morgan fingerprint density at radius 3 is 0.968 bits per heavy atom. The van der Waals surface area contributed by atoms with Gasteiger partial charge in [0, 0.05) is 0 Å². The van der Waals surface area contributed by atoms with Crippen LogP contribution in [0, 0.1) is 0 Å². The third-order valence-electron chi connectivity index (χ3n) is 5.49. The van der Waals surface area contributed by atoms with Gasteiger partial charge in [0.1, 0.15) is 0 Å². The van der Waals surface area contributed by atoms with E-state index in [1.54, 1.807) is 0 Å². The van der Waals surface area contributed by atoms with Crippen molar-refractivity contribution in [2.75, 3.05) is 13.2 Å². The molecule has 0 aliphatic rings. The van der Waals surface area contributed by atoms with Gasteiger partial charge in [0.15, 0.2) is 0 Å². The van der Waals surface area contributed by atoms with Crippen molar-refractivity contribution in [2.24, 2.45) is 0 Å². The molecule has 31 heavy (non-hydrogen) atoms. The van der Waals surface area contributed by atoms with Crippen LogP contribution in [-0.4, -0.2) is 13.2 Å². The summed E-state index contributed by atoms with van der Waals surface area (Å²) < 4.78 is 21.7. The van der Waals surface area contributed by atoms with Gasteiger partial charge in [-0.3, -0.25) is 4.57 Å². The fraction of sp³-hybridized carbons (Fsp3) is 1.00. The number of hydrogen-bond donors (Lipinski definition) is 0. The molecular formula is C24H50Na2O4P+. The Balaban J connectivity index is -0.00000392. The van der Waals surface area contributed by atoms with Gasteiger partial charge in [-0.05, 0) is 12.8 Å². The minimum atomic E-state index is -4.10. The van der Waals surface area contributed by atoms with Crippen LogP contribution in [0.15, 0.2) is 0 Å². The van der Waals surface area contributed by atoms with Gasteiger partial charge >= 0.3 is 59.1 Å². The van der Waals surface area contributed by atoms with Gasteiger partial charge in [-0.1, -0.05) is 129 Å². The first kappa shape index (κ1) is 37.7. The summed E-state index contributed by atoms with van der Waals surface area (Å²) in [6, 6.07) is 0. The Kier molecular flexibility index (Phi) is 36.6. The van der Waals surface area contributed by atoms with Crippen molar-refractivity contribution in [3.05, 3.63) is 0 Å². The summed E-state index contributed by atoms with van der Waals surface area (Å²) >= 11 is 0. The predicted molar refractivity (Wildman–Crippen MR) is 123 cm³/mol. The molecule has 0 bridgehead atoms. The van der Waals surface area contributed by atoms with E-state index in [0.29, 0.717) is 0 Å². The molecule has 0 aliphatic heterocycles. The molecule has 0 aromatic heterocycles. The molecule has 0 rings (SSSR count). The maximum Gasteiger partial charge on any atom is 1.00 e. The van der Waals surface area contributed by atoms with Crippen LogP contribution < -0.4 is 64.0 Å². The molecule has 0 unspecified atom stereocenters. The van der Waals surface area contributed by atoms with E-state index in [4.69, 9.17) is 9.05 Å². The van der Waals surface area contributed by atoms with E-state index in [1.807, 2.05) is 0 Å². The normalized spacial score (nSPS) is 11.2. The second-order valence-electron chi connectivity index (χ2n) is 8.48. The van der Waals surface area contributed by atoms with Gasteiger partial charge in [0.05, 0.1) is 13.2 Å². The molecule has 0 amide bonds. The summed E-state index contributed by atoms with van der Waals surface area (Å²) in [7, 11) is -4.10. The summed E-state index contributed by atoms with van der Waals surface area (Å²) in [5.41, 5.74) is 0. The number of unbranched alkanes of at least 4 members (excludes halogenated alkanes) is 18. The Hall–Kier alpha value is 2.11. The molecule has 0 radical (unpaired) electrons. The summed E-state index contributed by atoms with van der Waals surface area (Å²) in [5.74, 6) is 0. The van der Waals surface area contributed by atoms with Crippen LogP contribution in [0.2, 0.25) is 0 Å². The molecule has 4 nitrogen and oxygen atoms in total. The van der Waals surface area contributed by atoms with E-state index in [1.165, 1.54) is 103 Å². The molecule has 0 aliphatic carbocycles. The van der Waals surface area contributed by atoms with Crippen LogP contribution in [0.1, 0.15) is 142 Å². The molecule has 0 atom stereocenters. The van der Waals surface area contributed by atoms with E-state index in [9.17, 15) is 9.46 Å². The van der Waals surface area contributed by atoms with Crippen LogP contribution >= 0.6 is 7.82 Å². The first-order valence-electron chi connectivity index (χ1n) is 12.7. The molecule has 0 saturated heterocycles. The van der Waals surface area contributed by atoms with Crippen molar-refractivity contribution in [2.45, 2.75) is 142 Å². The van der Waals surface area contributed by atoms with Gasteiger partial charge in [0.25, 0.3) is 7.82 Å². The molecule has 0 fully saturated rings. The molecule has 0 aromatic carbocycles. The summed E-state index contributed by atoms with van der Waals surface area (Å²) in [5, 5.41) is 0. The summed E-state index contributed by atoms with van der Waals surface area (Å²) in [6.07, 6.45) is 24.5. The first-order chi connectivity index (χ1) is 14.1. The molecule has 176 valence electrons. The van der Waals surface area contributed by atoms with E-state index in [-0.39, 0.29) is 72.3 Å². The molecule has 0 spiro atoms. The standard InChI is InChI=1S/C24H51O4P.2Na/c1-3-5-7-9-11-13-15-17-19-21-23-27-29(25,26)28-24-22-20-18-16-14-12-10-8-6-4-2;;/h3-24H2,1-2H3,(H,25,26);;/q;2*+1/p-1. The molecular weight excluding hydrogens is 429 g/mol. The third-order valence-corrected chi connectivity index (χ3v) is 6.49.